The van der Waals surface area contributed by atoms with Gasteiger partial charge in [0.15, 0.2) is 0 Å². The molecule has 0 aliphatic heterocycles. The molecule has 0 aromatic heterocycles. The van der Waals surface area contributed by atoms with Crippen LogP contribution < -0.4 is 0 Å². The summed E-state index contributed by atoms with van der Waals surface area (Å²) in [6.45, 7) is 3.79. The summed E-state index contributed by atoms with van der Waals surface area (Å²) in [5.74, 6) is -0.290. The summed E-state index contributed by atoms with van der Waals surface area (Å²) in [7, 11) is 0. The van der Waals surface area contributed by atoms with Gasteiger partial charge in [0.1, 0.15) is 0 Å². The fraction of sp³-hybridized carbons (Fsp3) is 0.500. The quantitative estimate of drug-likeness (QED) is 0.455. The van der Waals surface area contributed by atoms with Crippen molar-refractivity contribution in [3.63, 3.8) is 0 Å². The smallest absolute Gasteiger partial charge is 0.309 e. The van der Waals surface area contributed by atoms with Crippen molar-refractivity contribution in [2.45, 2.75) is 20.3 Å². The molecule has 0 saturated heterocycles. The lowest BCUT2D eigenvalue weighted by molar-refractivity contribution is -0.142. The van der Waals surface area contributed by atoms with E-state index in [9.17, 15) is 4.79 Å². The monoisotopic (exact) mass is 153 g/mol. The van der Waals surface area contributed by atoms with Gasteiger partial charge in [0.2, 0.25) is 0 Å². The molecule has 0 unspecified atom stereocenters. The molecule has 0 N–H and O–H groups in total. The molecule has 0 radical (unpaired) electrons. The molecule has 60 valence electrons. The van der Waals surface area contributed by atoms with E-state index in [1.54, 1.807) is 19.9 Å². The predicted molar refractivity (Wildman–Crippen MR) is 40.6 cm³/mol. The van der Waals surface area contributed by atoms with Crippen LogP contribution in [0.4, 0.5) is 0 Å². The molecule has 0 saturated carbocycles. The van der Waals surface area contributed by atoms with Crippen molar-refractivity contribution in [2.75, 3.05) is 6.61 Å². The molecular weight excluding hydrogens is 142 g/mol. The van der Waals surface area contributed by atoms with E-state index in [2.05, 4.69) is 4.74 Å². The van der Waals surface area contributed by atoms with E-state index in [4.69, 9.17) is 5.26 Å². The second kappa shape index (κ2) is 5.48. The summed E-state index contributed by atoms with van der Waals surface area (Å²) < 4.78 is 4.64. The maximum absolute atomic E-state index is 10.7. The Kier molecular flexibility index (Phi) is 4.83. The molecule has 0 bridgehead atoms. The van der Waals surface area contributed by atoms with Gasteiger partial charge in [-0.15, -0.1) is 0 Å². The predicted octanol–water partition coefficient (Wildman–Crippen LogP) is 1.41. The van der Waals surface area contributed by atoms with E-state index in [0.29, 0.717) is 12.2 Å². The van der Waals surface area contributed by atoms with Crippen LogP contribution in [0.1, 0.15) is 20.3 Å². The van der Waals surface area contributed by atoms with Crippen LogP contribution in [0.3, 0.4) is 0 Å². The zero-order valence-electron chi connectivity index (χ0n) is 6.76. The fourth-order valence-electron chi connectivity index (χ4n) is 0.502. The zero-order chi connectivity index (χ0) is 8.69. The Morgan fingerprint density at radius 1 is 1.73 bits per heavy atom. The van der Waals surface area contributed by atoms with Crippen LogP contribution in [0, 0.1) is 11.3 Å². The third-order valence-corrected chi connectivity index (χ3v) is 1.06. The van der Waals surface area contributed by atoms with Crippen molar-refractivity contribution < 1.29 is 9.53 Å². The molecule has 11 heavy (non-hydrogen) atoms. The lowest BCUT2D eigenvalue weighted by Crippen LogP contribution is -2.01. The second-order valence-corrected chi connectivity index (χ2v) is 2.01. The number of ether oxygens (including phenoxy) is 1. The van der Waals surface area contributed by atoms with Crippen LogP contribution in [0.2, 0.25) is 0 Å². The third kappa shape index (κ3) is 5.16. The molecule has 0 heterocycles. The molecule has 0 aliphatic rings. The highest BCUT2D eigenvalue weighted by Gasteiger charge is 1.97. The Morgan fingerprint density at radius 2 is 2.36 bits per heavy atom. The van der Waals surface area contributed by atoms with Crippen molar-refractivity contribution in [2.24, 2.45) is 0 Å². The van der Waals surface area contributed by atoms with Crippen LogP contribution in [-0.2, 0) is 9.53 Å². The first-order valence-corrected chi connectivity index (χ1v) is 3.43. The van der Waals surface area contributed by atoms with Crippen molar-refractivity contribution in [3.8, 4) is 6.07 Å². The van der Waals surface area contributed by atoms with Crippen molar-refractivity contribution in [1.29, 1.82) is 5.26 Å². The Bertz CT molecular complexity index is 201. The summed E-state index contributed by atoms with van der Waals surface area (Å²) in [5.41, 5.74) is 0.540. The number of nitriles is 1. The number of carbonyl (C=O) groups excluding carboxylic acids is 1. The first kappa shape index (κ1) is 9.70. The molecule has 0 amide bonds. The topological polar surface area (TPSA) is 50.1 Å². The number of rotatable bonds is 3. The molecule has 3 nitrogen and oxygen atoms in total. The van der Waals surface area contributed by atoms with Gasteiger partial charge in [-0.2, -0.15) is 5.26 Å². The number of carbonyl (C=O) groups is 1. The lowest BCUT2D eigenvalue weighted by atomic mass is 10.3. The minimum Gasteiger partial charge on any atom is -0.466 e. The zero-order valence-corrected chi connectivity index (χ0v) is 6.76. The fourth-order valence-corrected chi connectivity index (χ4v) is 0.502. The molecule has 0 spiro atoms. The number of esters is 1. The minimum atomic E-state index is -0.290. The summed E-state index contributed by atoms with van der Waals surface area (Å²) in [6.07, 6.45) is 1.74. The van der Waals surface area contributed by atoms with Gasteiger partial charge >= 0.3 is 5.97 Å². The van der Waals surface area contributed by atoms with Gasteiger partial charge in [-0.3, -0.25) is 4.79 Å². The van der Waals surface area contributed by atoms with E-state index >= 15 is 0 Å². The van der Waals surface area contributed by atoms with Crippen molar-refractivity contribution >= 4 is 5.97 Å². The van der Waals surface area contributed by atoms with Crippen LogP contribution in [0.25, 0.3) is 0 Å². The molecule has 3 heteroatoms. The Hall–Kier alpha value is -1.30. The standard InChI is InChI=1S/C8H11NO2/c1-3-11-8(10)5-4-7(2)6-9/h4H,3,5H2,1-2H3/b7-4+. The summed E-state index contributed by atoms with van der Waals surface area (Å²) in [4.78, 5) is 10.7. The highest BCUT2D eigenvalue weighted by molar-refractivity contribution is 5.71. The van der Waals surface area contributed by atoms with Gasteiger partial charge in [0.25, 0.3) is 0 Å². The minimum absolute atomic E-state index is 0.188. The Morgan fingerprint density at radius 3 is 2.82 bits per heavy atom. The molecule has 0 aliphatic carbocycles. The normalized spacial score (nSPS) is 10.5. The maximum atomic E-state index is 10.7. The SMILES string of the molecule is CCOC(=O)C/C=C(\C)C#N. The van der Waals surface area contributed by atoms with Gasteiger partial charge in [-0.25, -0.2) is 0 Å². The second-order valence-electron chi connectivity index (χ2n) is 2.01. The molecular formula is C8H11NO2. The summed E-state index contributed by atoms with van der Waals surface area (Å²) >= 11 is 0. The lowest BCUT2D eigenvalue weighted by Gasteiger charge is -1.96. The maximum Gasteiger partial charge on any atom is 0.309 e. The van der Waals surface area contributed by atoms with Gasteiger partial charge < -0.3 is 4.74 Å². The van der Waals surface area contributed by atoms with Crippen molar-refractivity contribution in [1.82, 2.24) is 0 Å². The number of allylic oxidation sites excluding steroid dienone is 1. The Labute approximate surface area is 66.3 Å². The van der Waals surface area contributed by atoms with Crippen molar-refractivity contribution in [3.05, 3.63) is 11.6 Å². The Balaban J connectivity index is 3.71. The van der Waals surface area contributed by atoms with E-state index in [1.807, 2.05) is 6.07 Å². The molecule has 0 aromatic carbocycles. The van der Waals surface area contributed by atoms with E-state index in [-0.39, 0.29) is 12.4 Å². The average Bonchev–Trinajstić information content (AvgIpc) is 2.01. The number of nitrogens with zero attached hydrogens (tertiary/aromatic N) is 1. The highest BCUT2D eigenvalue weighted by Crippen LogP contribution is 1.94. The molecule has 0 aromatic rings. The van der Waals surface area contributed by atoms with E-state index in [1.165, 1.54) is 0 Å². The average molecular weight is 153 g/mol. The van der Waals surface area contributed by atoms with E-state index in [0.717, 1.165) is 0 Å². The van der Waals surface area contributed by atoms with Crippen LogP contribution in [0.5, 0.6) is 0 Å². The third-order valence-electron chi connectivity index (χ3n) is 1.06. The van der Waals surface area contributed by atoms with E-state index < -0.39 is 0 Å². The van der Waals surface area contributed by atoms with Crippen LogP contribution in [-0.4, -0.2) is 12.6 Å². The number of hydrogen-bond acceptors (Lipinski definition) is 3. The first-order chi connectivity index (χ1) is 5.20. The van der Waals surface area contributed by atoms with Gasteiger partial charge in [-0.05, 0) is 13.8 Å². The first-order valence-electron chi connectivity index (χ1n) is 3.43. The molecule has 0 atom stereocenters. The van der Waals surface area contributed by atoms with Gasteiger partial charge in [0, 0.05) is 5.57 Å². The molecule has 0 fully saturated rings. The highest BCUT2D eigenvalue weighted by atomic mass is 16.5. The van der Waals surface area contributed by atoms with Gasteiger partial charge in [0.05, 0.1) is 19.1 Å². The largest absolute Gasteiger partial charge is 0.466 e. The summed E-state index contributed by atoms with van der Waals surface area (Å²) in [6, 6.07) is 1.92. The van der Waals surface area contributed by atoms with Crippen LogP contribution in [0.15, 0.2) is 11.6 Å². The van der Waals surface area contributed by atoms with Crippen LogP contribution >= 0.6 is 0 Å². The summed E-state index contributed by atoms with van der Waals surface area (Å²) in [5, 5.41) is 8.31. The number of hydrogen-bond donors (Lipinski definition) is 0. The molecule has 0 rings (SSSR count). The van der Waals surface area contributed by atoms with Gasteiger partial charge in [-0.1, -0.05) is 6.08 Å².